The van der Waals surface area contributed by atoms with Gasteiger partial charge in [-0.25, -0.2) is 4.79 Å². The highest BCUT2D eigenvalue weighted by Gasteiger charge is 2.52. The molecule has 10 nitrogen and oxygen atoms in total. The van der Waals surface area contributed by atoms with Crippen LogP contribution in [0.5, 0.6) is 0 Å². The monoisotopic (exact) mass is 551 g/mol. The van der Waals surface area contributed by atoms with Gasteiger partial charge in [-0.3, -0.25) is 14.4 Å². The summed E-state index contributed by atoms with van der Waals surface area (Å²) >= 11 is 6.30. The van der Waals surface area contributed by atoms with Gasteiger partial charge in [0.25, 0.3) is 5.91 Å². The Labute approximate surface area is 231 Å². The molecule has 0 aliphatic carbocycles. The number of aromatic nitrogens is 3. The normalized spacial score (nSPS) is 19.7. The smallest absolute Gasteiger partial charge is 0.414 e. The number of fused-ring (bicyclic) bond motifs is 1. The molecule has 2 atom stereocenters. The molecular formula is C28H30ClN5O5. The Hall–Kier alpha value is -3.73. The van der Waals surface area contributed by atoms with E-state index >= 15 is 0 Å². The largest absolute Gasteiger partial charge is 0.447 e. The molecule has 2 amide bonds. The van der Waals surface area contributed by atoms with Crippen molar-refractivity contribution in [2.45, 2.75) is 38.5 Å². The van der Waals surface area contributed by atoms with E-state index in [2.05, 4.69) is 10.3 Å². The maximum Gasteiger partial charge on any atom is 0.414 e. The van der Waals surface area contributed by atoms with Crippen LogP contribution in [0.25, 0.3) is 0 Å². The molecule has 11 heteroatoms. The lowest BCUT2D eigenvalue weighted by Crippen LogP contribution is -2.44. The zero-order valence-corrected chi connectivity index (χ0v) is 22.3. The van der Waals surface area contributed by atoms with E-state index in [0.29, 0.717) is 54.5 Å². The number of rotatable bonds is 10. The van der Waals surface area contributed by atoms with Crippen LogP contribution in [0, 0.1) is 5.92 Å². The number of anilines is 2. The summed E-state index contributed by atoms with van der Waals surface area (Å²) in [4.78, 5) is 29.0. The Kier molecular flexibility index (Phi) is 7.69. The van der Waals surface area contributed by atoms with Crippen molar-refractivity contribution in [1.29, 1.82) is 0 Å². The standard InChI is InChI=1S/C28H30ClN5O5/c1-19(5-2-3-11-32-18-22(10-13-35)30-31-32)28(38)24-16-21(29)8-9-25(24)34(26(28)36)17-20-6-4-7-23(15-20)33-12-14-39-27(33)37/h2,4-9,15-16,18-19,35,38H,3,10-14,17H2,1H3/b5-2+/t19-,28+/m0/s1. The predicted molar refractivity (Wildman–Crippen MR) is 145 cm³/mol. The molecule has 0 unspecified atom stereocenters. The third-order valence-electron chi connectivity index (χ3n) is 7.12. The molecule has 1 saturated heterocycles. The number of aliphatic hydroxyl groups excluding tert-OH is 1. The predicted octanol–water partition coefficient (Wildman–Crippen LogP) is 3.44. The molecule has 2 aliphatic heterocycles. The summed E-state index contributed by atoms with van der Waals surface area (Å²) in [6, 6.07) is 12.5. The number of benzene rings is 2. The lowest BCUT2D eigenvalue weighted by atomic mass is 9.83. The first-order chi connectivity index (χ1) is 18.8. The molecule has 2 aromatic carbocycles. The van der Waals surface area contributed by atoms with Crippen molar-refractivity contribution in [1.82, 2.24) is 15.0 Å². The Morgan fingerprint density at radius 2 is 2.08 bits per heavy atom. The van der Waals surface area contributed by atoms with Crippen molar-refractivity contribution < 1.29 is 24.5 Å². The lowest BCUT2D eigenvalue weighted by Gasteiger charge is -2.28. The second-order valence-electron chi connectivity index (χ2n) is 9.71. The van der Waals surface area contributed by atoms with Crippen LogP contribution in [0.2, 0.25) is 5.02 Å². The average molecular weight is 552 g/mol. The third-order valence-corrected chi connectivity index (χ3v) is 7.35. The minimum Gasteiger partial charge on any atom is -0.447 e. The zero-order valence-electron chi connectivity index (χ0n) is 21.5. The van der Waals surface area contributed by atoms with Crippen molar-refractivity contribution in [3.8, 4) is 0 Å². The number of amides is 2. The summed E-state index contributed by atoms with van der Waals surface area (Å²) in [5.41, 5.74) is 1.48. The number of carbonyl (C=O) groups excluding carboxylic acids is 2. The van der Waals surface area contributed by atoms with Crippen molar-refractivity contribution in [2.24, 2.45) is 5.92 Å². The zero-order chi connectivity index (χ0) is 27.6. The Morgan fingerprint density at radius 3 is 2.85 bits per heavy atom. The quantitative estimate of drug-likeness (QED) is 0.370. The van der Waals surface area contributed by atoms with Crippen LogP contribution < -0.4 is 9.80 Å². The minimum atomic E-state index is -1.80. The molecule has 3 heterocycles. The number of hydrogen-bond donors (Lipinski definition) is 2. The Morgan fingerprint density at radius 1 is 1.23 bits per heavy atom. The van der Waals surface area contributed by atoms with E-state index in [1.54, 1.807) is 45.8 Å². The van der Waals surface area contributed by atoms with Crippen LogP contribution in [-0.4, -0.2) is 57.0 Å². The van der Waals surface area contributed by atoms with Gasteiger partial charge < -0.3 is 19.8 Å². The maximum absolute atomic E-state index is 13.8. The van der Waals surface area contributed by atoms with E-state index < -0.39 is 23.5 Å². The number of aliphatic hydroxyl groups is 2. The Bertz CT molecular complexity index is 1410. The molecule has 0 saturated carbocycles. The minimum absolute atomic E-state index is 0.0176. The molecule has 1 fully saturated rings. The molecule has 0 bridgehead atoms. The van der Waals surface area contributed by atoms with Crippen molar-refractivity contribution in [3.05, 3.63) is 82.7 Å². The molecule has 0 spiro atoms. The number of ether oxygens (including phenoxy) is 1. The molecular weight excluding hydrogens is 522 g/mol. The number of cyclic esters (lactones) is 1. The lowest BCUT2D eigenvalue weighted by molar-refractivity contribution is -0.139. The van der Waals surface area contributed by atoms with Gasteiger partial charge in [0.05, 0.1) is 24.5 Å². The van der Waals surface area contributed by atoms with E-state index in [0.717, 1.165) is 11.3 Å². The van der Waals surface area contributed by atoms with Crippen LogP contribution in [0.3, 0.4) is 0 Å². The topological polar surface area (TPSA) is 121 Å². The first kappa shape index (κ1) is 26.9. The van der Waals surface area contributed by atoms with Gasteiger partial charge in [-0.2, -0.15) is 0 Å². The van der Waals surface area contributed by atoms with Gasteiger partial charge in [0, 0.05) is 48.0 Å². The van der Waals surface area contributed by atoms with Crippen molar-refractivity contribution >= 4 is 35.0 Å². The SMILES string of the molecule is C[C@@H](/C=C/CCn1cc(CCO)nn1)[C@]1(O)C(=O)N(Cc2cccc(N3CCOC3=O)c2)c2ccc(Cl)cc21. The number of halogens is 1. The average Bonchev–Trinajstić information content (AvgIpc) is 3.62. The molecule has 204 valence electrons. The maximum atomic E-state index is 13.8. The van der Waals surface area contributed by atoms with Crippen LogP contribution in [0.1, 0.15) is 30.2 Å². The van der Waals surface area contributed by atoms with Gasteiger partial charge in [0.15, 0.2) is 5.60 Å². The summed E-state index contributed by atoms with van der Waals surface area (Å²) in [6.07, 6.45) is 6.21. The highest BCUT2D eigenvalue weighted by Crippen LogP contribution is 2.46. The number of aryl methyl sites for hydroxylation is 1. The number of allylic oxidation sites excluding steroid dienone is 1. The number of hydrogen-bond acceptors (Lipinski definition) is 7. The first-order valence-corrected chi connectivity index (χ1v) is 13.2. The van der Waals surface area contributed by atoms with Crippen LogP contribution in [0.4, 0.5) is 16.2 Å². The fourth-order valence-corrected chi connectivity index (χ4v) is 5.20. The summed E-state index contributed by atoms with van der Waals surface area (Å²) in [5, 5.41) is 29.4. The highest BCUT2D eigenvalue weighted by atomic mass is 35.5. The van der Waals surface area contributed by atoms with E-state index in [1.165, 1.54) is 0 Å². The molecule has 39 heavy (non-hydrogen) atoms. The van der Waals surface area contributed by atoms with Gasteiger partial charge in [0.1, 0.15) is 6.61 Å². The van der Waals surface area contributed by atoms with Crippen LogP contribution in [0.15, 0.2) is 60.8 Å². The van der Waals surface area contributed by atoms with E-state index in [1.807, 2.05) is 36.4 Å². The van der Waals surface area contributed by atoms with E-state index in [4.69, 9.17) is 21.4 Å². The second-order valence-corrected chi connectivity index (χ2v) is 10.1. The van der Waals surface area contributed by atoms with Gasteiger partial charge in [-0.15, -0.1) is 5.10 Å². The molecule has 1 aromatic heterocycles. The second kappa shape index (κ2) is 11.2. The Balaban J connectivity index is 1.34. The molecule has 3 aromatic rings. The fourth-order valence-electron chi connectivity index (χ4n) is 5.03. The molecule has 2 N–H and O–H groups in total. The summed E-state index contributed by atoms with van der Waals surface area (Å²) < 4.78 is 6.75. The van der Waals surface area contributed by atoms with Crippen molar-refractivity contribution in [3.63, 3.8) is 0 Å². The molecule has 5 rings (SSSR count). The van der Waals surface area contributed by atoms with Crippen molar-refractivity contribution in [2.75, 3.05) is 29.6 Å². The van der Waals surface area contributed by atoms with Gasteiger partial charge >= 0.3 is 6.09 Å². The molecule has 2 aliphatic rings. The van der Waals surface area contributed by atoms with E-state index in [9.17, 15) is 14.7 Å². The third kappa shape index (κ3) is 5.27. The number of carbonyl (C=O) groups is 2. The molecule has 0 radical (unpaired) electrons. The summed E-state index contributed by atoms with van der Waals surface area (Å²) in [6.45, 7) is 3.41. The highest BCUT2D eigenvalue weighted by molar-refractivity contribution is 6.31. The van der Waals surface area contributed by atoms with E-state index in [-0.39, 0.29) is 13.2 Å². The summed E-state index contributed by atoms with van der Waals surface area (Å²) in [5.74, 6) is -0.980. The van der Waals surface area contributed by atoms with Gasteiger partial charge in [-0.1, -0.05) is 48.0 Å². The fraction of sp³-hybridized carbons (Fsp3) is 0.357. The van der Waals surface area contributed by atoms with Crippen LogP contribution >= 0.6 is 11.6 Å². The first-order valence-electron chi connectivity index (χ1n) is 12.9. The summed E-state index contributed by atoms with van der Waals surface area (Å²) in [7, 11) is 0. The van der Waals surface area contributed by atoms with Gasteiger partial charge in [-0.05, 0) is 42.3 Å². The van der Waals surface area contributed by atoms with Gasteiger partial charge in [0.2, 0.25) is 0 Å². The number of nitrogens with zero attached hydrogens (tertiary/aromatic N) is 5. The van der Waals surface area contributed by atoms with Crippen LogP contribution in [-0.2, 0) is 34.6 Å².